The van der Waals surface area contributed by atoms with E-state index in [1.807, 2.05) is 45.0 Å². The van der Waals surface area contributed by atoms with Gasteiger partial charge in [-0.1, -0.05) is 12.1 Å². The molecule has 7 heteroatoms. The highest BCUT2D eigenvalue weighted by Crippen LogP contribution is 2.12. The summed E-state index contributed by atoms with van der Waals surface area (Å²) in [6.45, 7) is 9.13. The second-order valence-electron chi connectivity index (χ2n) is 7.34. The van der Waals surface area contributed by atoms with E-state index in [1.54, 1.807) is 0 Å². The van der Waals surface area contributed by atoms with Crippen LogP contribution in [0.15, 0.2) is 24.3 Å². The number of nitrogens with one attached hydrogen (secondary N) is 1. The topological polar surface area (TPSA) is 69.7 Å². The molecule has 1 N–H and O–H groups in total. The van der Waals surface area contributed by atoms with E-state index in [1.165, 1.54) is 10.6 Å². The fraction of sp³-hybridized carbons (Fsp3) is 0.588. The molecule has 1 aromatic carbocycles. The van der Waals surface area contributed by atoms with Crippen LogP contribution in [0.5, 0.6) is 0 Å². The lowest BCUT2D eigenvalue weighted by Gasteiger charge is -2.33. The highest BCUT2D eigenvalue weighted by molar-refractivity contribution is 7.88. The molecular formula is C17H27N3O3S. The molecule has 0 bridgehead atoms. The lowest BCUT2D eigenvalue weighted by molar-refractivity contribution is 0.0919. The van der Waals surface area contributed by atoms with Gasteiger partial charge in [0.2, 0.25) is 10.0 Å². The maximum atomic E-state index is 12.1. The van der Waals surface area contributed by atoms with Crippen LogP contribution in [0.25, 0.3) is 0 Å². The summed E-state index contributed by atoms with van der Waals surface area (Å²) < 4.78 is 24.6. The van der Waals surface area contributed by atoms with Crippen molar-refractivity contribution in [1.29, 1.82) is 0 Å². The summed E-state index contributed by atoms with van der Waals surface area (Å²) in [5.74, 6) is -0.0733. The highest BCUT2D eigenvalue weighted by Gasteiger charge is 2.23. The first kappa shape index (κ1) is 18.9. The van der Waals surface area contributed by atoms with Gasteiger partial charge in [-0.05, 0) is 38.5 Å². The predicted octanol–water partition coefficient (Wildman–Crippen LogP) is 1.29. The number of hydrogen-bond donors (Lipinski definition) is 1. The van der Waals surface area contributed by atoms with Gasteiger partial charge < -0.3 is 5.32 Å². The van der Waals surface area contributed by atoms with Gasteiger partial charge >= 0.3 is 0 Å². The van der Waals surface area contributed by atoms with E-state index in [0.717, 1.165) is 25.2 Å². The van der Waals surface area contributed by atoms with E-state index in [4.69, 9.17) is 0 Å². The Balaban J connectivity index is 1.90. The minimum Gasteiger partial charge on any atom is -0.347 e. The van der Waals surface area contributed by atoms with Crippen molar-refractivity contribution in [1.82, 2.24) is 14.5 Å². The summed E-state index contributed by atoms with van der Waals surface area (Å²) in [5, 5.41) is 2.94. The van der Waals surface area contributed by atoms with Crippen LogP contribution in [0.4, 0.5) is 0 Å². The molecule has 0 unspecified atom stereocenters. The van der Waals surface area contributed by atoms with Crippen molar-refractivity contribution >= 4 is 15.9 Å². The second kappa shape index (κ2) is 7.21. The van der Waals surface area contributed by atoms with Gasteiger partial charge in [0.1, 0.15) is 0 Å². The lowest BCUT2D eigenvalue weighted by atomic mass is 10.1. The van der Waals surface area contributed by atoms with Crippen LogP contribution in [0.2, 0.25) is 0 Å². The van der Waals surface area contributed by atoms with Crippen molar-refractivity contribution in [2.24, 2.45) is 0 Å². The molecule has 6 nitrogen and oxygen atoms in total. The summed E-state index contributed by atoms with van der Waals surface area (Å²) in [6.07, 6.45) is 1.25. The van der Waals surface area contributed by atoms with Gasteiger partial charge in [0.25, 0.3) is 5.91 Å². The predicted molar refractivity (Wildman–Crippen MR) is 95.4 cm³/mol. The second-order valence-corrected chi connectivity index (χ2v) is 9.32. The summed E-state index contributed by atoms with van der Waals surface area (Å²) in [4.78, 5) is 14.3. The number of nitrogens with zero attached hydrogens (tertiary/aromatic N) is 2. The largest absolute Gasteiger partial charge is 0.347 e. The molecule has 0 aromatic heterocycles. The zero-order valence-electron chi connectivity index (χ0n) is 14.9. The zero-order chi connectivity index (χ0) is 18.0. The van der Waals surface area contributed by atoms with E-state index < -0.39 is 10.0 Å². The number of piperazine rings is 1. The number of rotatable bonds is 4. The minimum atomic E-state index is -3.09. The Bertz CT molecular complexity index is 670. The maximum absolute atomic E-state index is 12.1. The number of carbonyl (C=O) groups excluding carboxylic acids is 1. The number of benzene rings is 1. The molecule has 2 rings (SSSR count). The normalized spacial score (nSPS) is 17.7. The first-order chi connectivity index (χ1) is 11.0. The van der Waals surface area contributed by atoms with Crippen LogP contribution in [0.1, 0.15) is 36.7 Å². The van der Waals surface area contributed by atoms with E-state index >= 15 is 0 Å². The summed E-state index contributed by atoms with van der Waals surface area (Å²) in [5.41, 5.74) is 1.51. The summed E-state index contributed by atoms with van der Waals surface area (Å²) in [7, 11) is -3.09. The summed E-state index contributed by atoms with van der Waals surface area (Å²) >= 11 is 0. The van der Waals surface area contributed by atoms with Gasteiger partial charge in [0, 0.05) is 43.8 Å². The Morgan fingerprint density at radius 1 is 1.08 bits per heavy atom. The van der Waals surface area contributed by atoms with Gasteiger partial charge in [-0.2, -0.15) is 4.31 Å². The summed E-state index contributed by atoms with van der Waals surface area (Å²) in [6, 6.07) is 7.59. The van der Waals surface area contributed by atoms with E-state index in [9.17, 15) is 13.2 Å². The van der Waals surface area contributed by atoms with Crippen LogP contribution < -0.4 is 5.32 Å². The molecule has 0 saturated carbocycles. The molecule has 1 aliphatic rings. The van der Waals surface area contributed by atoms with E-state index in [-0.39, 0.29) is 11.4 Å². The van der Waals surface area contributed by atoms with Gasteiger partial charge in [-0.3, -0.25) is 9.69 Å². The van der Waals surface area contributed by atoms with Gasteiger partial charge in [0.15, 0.2) is 0 Å². The van der Waals surface area contributed by atoms with Gasteiger partial charge in [-0.15, -0.1) is 0 Å². The monoisotopic (exact) mass is 353 g/mol. The van der Waals surface area contributed by atoms with Gasteiger partial charge in [0.05, 0.1) is 6.26 Å². The van der Waals surface area contributed by atoms with E-state index in [0.29, 0.717) is 18.7 Å². The molecule has 1 amide bonds. The molecule has 134 valence electrons. The van der Waals surface area contributed by atoms with Crippen molar-refractivity contribution in [3.05, 3.63) is 35.4 Å². The minimum absolute atomic E-state index is 0.0733. The quantitative estimate of drug-likeness (QED) is 0.886. The Morgan fingerprint density at radius 3 is 2.08 bits per heavy atom. The van der Waals surface area contributed by atoms with Crippen molar-refractivity contribution in [3.63, 3.8) is 0 Å². The Labute approximate surface area is 144 Å². The van der Waals surface area contributed by atoms with Crippen LogP contribution in [-0.4, -0.2) is 61.5 Å². The fourth-order valence-corrected chi connectivity index (χ4v) is 3.48. The standard InChI is InChI=1S/C17H27N3O3S/c1-17(2,3)18-16(21)15-7-5-14(6-8-15)13-19-9-11-20(12-10-19)24(4,22)23/h5-8H,9-13H2,1-4H3,(H,18,21). The van der Waals surface area contributed by atoms with Crippen molar-refractivity contribution < 1.29 is 13.2 Å². The lowest BCUT2D eigenvalue weighted by Crippen LogP contribution is -2.47. The van der Waals surface area contributed by atoms with Crippen LogP contribution in [0.3, 0.4) is 0 Å². The average Bonchev–Trinajstić information content (AvgIpc) is 2.46. The zero-order valence-corrected chi connectivity index (χ0v) is 15.7. The molecule has 0 spiro atoms. The third kappa shape index (κ3) is 5.58. The molecule has 1 heterocycles. The molecule has 0 atom stereocenters. The molecular weight excluding hydrogens is 326 g/mol. The molecule has 1 saturated heterocycles. The fourth-order valence-electron chi connectivity index (χ4n) is 2.65. The van der Waals surface area contributed by atoms with Crippen LogP contribution in [0, 0.1) is 0 Å². The van der Waals surface area contributed by atoms with Crippen molar-refractivity contribution in [3.8, 4) is 0 Å². The maximum Gasteiger partial charge on any atom is 0.251 e. The third-order valence-electron chi connectivity index (χ3n) is 3.91. The van der Waals surface area contributed by atoms with Crippen molar-refractivity contribution in [2.45, 2.75) is 32.9 Å². The Hall–Kier alpha value is -1.44. The Morgan fingerprint density at radius 2 is 1.62 bits per heavy atom. The first-order valence-corrected chi connectivity index (χ1v) is 9.98. The number of amides is 1. The van der Waals surface area contributed by atoms with Crippen LogP contribution >= 0.6 is 0 Å². The first-order valence-electron chi connectivity index (χ1n) is 8.13. The average molecular weight is 353 g/mol. The van der Waals surface area contributed by atoms with Crippen LogP contribution in [-0.2, 0) is 16.6 Å². The number of sulfonamides is 1. The molecule has 1 fully saturated rings. The molecule has 1 aromatic rings. The third-order valence-corrected chi connectivity index (χ3v) is 5.21. The molecule has 0 radical (unpaired) electrons. The number of hydrogen-bond acceptors (Lipinski definition) is 4. The Kier molecular flexibility index (Phi) is 5.67. The molecule has 1 aliphatic heterocycles. The van der Waals surface area contributed by atoms with Gasteiger partial charge in [-0.25, -0.2) is 8.42 Å². The van der Waals surface area contributed by atoms with Crippen molar-refractivity contribution in [2.75, 3.05) is 32.4 Å². The molecule has 24 heavy (non-hydrogen) atoms. The highest BCUT2D eigenvalue weighted by atomic mass is 32.2. The number of carbonyl (C=O) groups is 1. The van der Waals surface area contributed by atoms with E-state index in [2.05, 4.69) is 10.2 Å². The SMILES string of the molecule is CC(C)(C)NC(=O)c1ccc(CN2CCN(S(C)(=O)=O)CC2)cc1. The molecule has 0 aliphatic carbocycles. The smallest absolute Gasteiger partial charge is 0.251 e.